The van der Waals surface area contributed by atoms with E-state index in [4.69, 9.17) is 4.74 Å². The predicted octanol–water partition coefficient (Wildman–Crippen LogP) is 3.88. The number of epoxide rings is 1. The van der Waals surface area contributed by atoms with Gasteiger partial charge in [-0.15, -0.1) is 12.4 Å². The molecule has 1 rings (SSSR count). The first-order valence-electron chi connectivity index (χ1n) is 7.13. The second-order valence-corrected chi connectivity index (χ2v) is 5.19. The summed E-state index contributed by atoms with van der Waals surface area (Å²) in [5, 5.41) is 0. The van der Waals surface area contributed by atoms with Crippen LogP contribution in [0.1, 0.15) is 58.3 Å². The van der Waals surface area contributed by atoms with Crippen LogP contribution >= 0.6 is 12.4 Å². The highest BCUT2D eigenvalue weighted by Crippen LogP contribution is 2.11. The van der Waals surface area contributed by atoms with Crippen LogP contribution in [-0.4, -0.2) is 37.7 Å². The summed E-state index contributed by atoms with van der Waals surface area (Å²) in [6, 6.07) is 0. The zero-order chi connectivity index (χ0) is 11.6. The van der Waals surface area contributed by atoms with Gasteiger partial charge in [-0.3, -0.25) is 0 Å². The summed E-state index contributed by atoms with van der Waals surface area (Å²) in [5.41, 5.74) is 0. The van der Waals surface area contributed by atoms with Gasteiger partial charge >= 0.3 is 0 Å². The van der Waals surface area contributed by atoms with E-state index in [9.17, 15) is 0 Å². The summed E-state index contributed by atoms with van der Waals surface area (Å²) in [5.74, 6) is 0. The standard InChI is InChI=1S/C14H29NO.ClH/c1-3-4-5-6-7-8-9-10-11-15(2)12-14-13-16-14;/h14H,3-13H2,1-2H3;1H. The van der Waals surface area contributed by atoms with Crippen LogP contribution in [0.2, 0.25) is 0 Å². The van der Waals surface area contributed by atoms with E-state index in [2.05, 4.69) is 18.9 Å². The van der Waals surface area contributed by atoms with Gasteiger partial charge in [0.1, 0.15) is 0 Å². The lowest BCUT2D eigenvalue weighted by molar-refractivity contribution is 0.278. The number of hydrogen-bond acceptors (Lipinski definition) is 2. The maximum absolute atomic E-state index is 5.22. The van der Waals surface area contributed by atoms with Crippen LogP contribution in [-0.2, 0) is 4.74 Å². The Labute approximate surface area is 114 Å². The molecule has 1 atom stereocenters. The predicted molar refractivity (Wildman–Crippen MR) is 77.1 cm³/mol. The molecule has 0 bridgehead atoms. The molecule has 0 aliphatic carbocycles. The molecule has 3 heteroatoms. The van der Waals surface area contributed by atoms with Crippen molar-refractivity contribution < 1.29 is 4.74 Å². The van der Waals surface area contributed by atoms with Gasteiger partial charge in [0.05, 0.1) is 12.7 Å². The number of ether oxygens (including phenoxy) is 1. The quantitative estimate of drug-likeness (QED) is 0.415. The maximum Gasteiger partial charge on any atom is 0.0936 e. The molecule has 0 radical (unpaired) electrons. The van der Waals surface area contributed by atoms with Crippen LogP contribution in [0.3, 0.4) is 0 Å². The van der Waals surface area contributed by atoms with E-state index >= 15 is 0 Å². The topological polar surface area (TPSA) is 15.8 Å². The van der Waals surface area contributed by atoms with Crippen molar-refractivity contribution in [1.29, 1.82) is 0 Å². The molecule has 104 valence electrons. The molecule has 1 aliphatic heterocycles. The monoisotopic (exact) mass is 263 g/mol. The molecule has 2 nitrogen and oxygen atoms in total. The number of hydrogen-bond donors (Lipinski definition) is 0. The second kappa shape index (κ2) is 11.3. The summed E-state index contributed by atoms with van der Waals surface area (Å²) in [6.45, 7) is 5.65. The minimum atomic E-state index is 0. The first-order valence-corrected chi connectivity index (χ1v) is 7.13. The van der Waals surface area contributed by atoms with Gasteiger partial charge in [0.2, 0.25) is 0 Å². The average molecular weight is 264 g/mol. The molecule has 17 heavy (non-hydrogen) atoms. The third kappa shape index (κ3) is 11.1. The fourth-order valence-electron chi connectivity index (χ4n) is 2.13. The zero-order valence-corrected chi connectivity index (χ0v) is 12.4. The number of unbranched alkanes of at least 4 members (excludes halogenated alkanes) is 7. The Balaban J connectivity index is 0.00000256. The average Bonchev–Trinajstić information content (AvgIpc) is 3.06. The van der Waals surface area contributed by atoms with Crippen molar-refractivity contribution in [2.75, 3.05) is 26.7 Å². The van der Waals surface area contributed by atoms with Gasteiger partial charge in [0, 0.05) is 6.54 Å². The summed E-state index contributed by atoms with van der Waals surface area (Å²) < 4.78 is 5.22. The minimum Gasteiger partial charge on any atom is -0.372 e. The van der Waals surface area contributed by atoms with E-state index < -0.39 is 0 Å². The third-order valence-corrected chi connectivity index (χ3v) is 3.31. The Hall–Kier alpha value is 0.210. The highest BCUT2D eigenvalue weighted by Gasteiger charge is 2.23. The van der Waals surface area contributed by atoms with Gasteiger partial charge < -0.3 is 9.64 Å². The van der Waals surface area contributed by atoms with Gasteiger partial charge in [0.25, 0.3) is 0 Å². The van der Waals surface area contributed by atoms with Crippen molar-refractivity contribution in [3.63, 3.8) is 0 Å². The van der Waals surface area contributed by atoms with E-state index in [0.29, 0.717) is 6.10 Å². The normalized spacial score (nSPS) is 18.2. The third-order valence-electron chi connectivity index (χ3n) is 3.31. The molecule has 0 saturated carbocycles. The molecule has 1 heterocycles. The van der Waals surface area contributed by atoms with Crippen LogP contribution < -0.4 is 0 Å². The fraction of sp³-hybridized carbons (Fsp3) is 1.00. The van der Waals surface area contributed by atoms with E-state index in [1.165, 1.54) is 57.9 Å². The molecule has 1 fully saturated rings. The lowest BCUT2D eigenvalue weighted by Gasteiger charge is -2.14. The van der Waals surface area contributed by atoms with Gasteiger partial charge in [-0.2, -0.15) is 0 Å². The van der Waals surface area contributed by atoms with Gasteiger partial charge in [-0.1, -0.05) is 51.9 Å². The maximum atomic E-state index is 5.22. The minimum absolute atomic E-state index is 0. The number of nitrogens with zero attached hydrogens (tertiary/aromatic N) is 1. The SMILES string of the molecule is CCCCCCCCCCN(C)CC1CO1.Cl. The Morgan fingerprint density at radius 3 is 2.06 bits per heavy atom. The van der Waals surface area contributed by atoms with Crippen molar-refractivity contribution in [2.24, 2.45) is 0 Å². The number of halogens is 1. The fourth-order valence-corrected chi connectivity index (χ4v) is 2.13. The highest BCUT2D eigenvalue weighted by molar-refractivity contribution is 5.85. The van der Waals surface area contributed by atoms with Crippen LogP contribution in [0, 0.1) is 0 Å². The van der Waals surface area contributed by atoms with E-state index in [-0.39, 0.29) is 12.4 Å². The molecular weight excluding hydrogens is 234 g/mol. The molecule has 1 unspecified atom stereocenters. The van der Waals surface area contributed by atoms with Crippen molar-refractivity contribution in [1.82, 2.24) is 4.90 Å². The zero-order valence-electron chi connectivity index (χ0n) is 11.6. The molecule has 0 amide bonds. The molecular formula is C14H30ClNO. The van der Waals surface area contributed by atoms with Gasteiger partial charge in [-0.25, -0.2) is 0 Å². The summed E-state index contributed by atoms with van der Waals surface area (Å²) in [4.78, 5) is 2.41. The van der Waals surface area contributed by atoms with Crippen LogP contribution in [0.15, 0.2) is 0 Å². The second-order valence-electron chi connectivity index (χ2n) is 5.19. The first-order chi connectivity index (χ1) is 7.83. The van der Waals surface area contributed by atoms with Gasteiger partial charge in [-0.05, 0) is 20.0 Å². The molecule has 1 saturated heterocycles. The lowest BCUT2D eigenvalue weighted by atomic mass is 10.1. The van der Waals surface area contributed by atoms with Crippen LogP contribution in [0.25, 0.3) is 0 Å². The largest absolute Gasteiger partial charge is 0.372 e. The van der Waals surface area contributed by atoms with E-state index in [1.54, 1.807) is 0 Å². The molecule has 0 N–H and O–H groups in total. The first kappa shape index (κ1) is 17.2. The van der Waals surface area contributed by atoms with Crippen molar-refractivity contribution >= 4 is 12.4 Å². The molecule has 0 aromatic carbocycles. The smallest absolute Gasteiger partial charge is 0.0936 e. The Bertz CT molecular complexity index is 162. The van der Waals surface area contributed by atoms with Crippen LogP contribution in [0.5, 0.6) is 0 Å². The number of likely N-dealkylation sites (N-methyl/N-ethyl adjacent to an activating group) is 1. The van der Waals surface area contributed by atoms with Crippen molar-refractivity contribution in [2.45, 2.75) is 64.4 Å². The van der Waals surface area contributed by atoms with E-state index in [0.717, 1.165) is 13.2 Å². The van der Waals surface area contributed by atoms with Crippen LogP contribution in [0.4, 0.5) is 0 Å². The Morgan fingerprint density at radius 2 is 1.53 bits per heavy atom. The summed E-state index contributed by atoms with van der Waals surface area (Å²) in [6.07, 6.45) is 11.8. The lowest BCUT2D eigenvalue weighted by Crippen LogP contribution is -2.24. The number of rotatable bonds is 11. The summed E-state index contributed by atoms with van der Waals surface area (Å²) >= 11 is 0. The molecule has 0 spiro atoms. The highest BCUT2D eigenvalue weighted by atomic mass is 35.5. The molecule has 1 aliphatic rings. The van der Waals surface area contributed by atoms with E-state index in [1.807, 2.05) is 0 Å². The van der Waals surface area contributed by atoms with Crippen molar-refractivity contribution in [3.05, 3.63) is 0 Å². The summed E-state index contributed by atoms with van der Waals surface area (Å²) in [7, 11) is 2.21. The molecule has 0 aromatic rings. The molecule has 0 aromatic heterocycles. The van der Waals surface area contributed by atoms with Crippen molar-refractivity contribution in [3.8, 4) is 0 Å². The van der Waals surface area contributed by atoms with Gasteiger partial charge in [0.15, 0.2) is 0 Å². The Morgan fingerprint density at radius 1 is 1.00 bits per heavy atom. The Kier molecular flexibility index (Phi) is 11.4.